The number of likely N-dealkylation sites (tertiary alicyclic amines) is 1. The van der Waals surface area contributed by atoms with Crippen LogP contribution in [0.25, 0.3) is 0 Å². The molecule has 0 radical (unpaired) electrons. The zero-order valence-electron chi connectivity index (χ0n) is 16.9. The second-order valence-electron chi connectivity index (χ2n) is 8.63. The molecular formula is C22H27N3O5. The molecule has 0 aromatic heterocycles. The molecule has 3 heterocycles. The van der Waals surface area contributed by atoms with Crippen LogP contribution in [0.4, 0.5) is 5.69 Å². The van der Waals surface area contributed by atoms with Gasteiger partial charge in [-0.2, -0.15) is 0 Å². The first-order valence-electron chi connectivity index (χ1n) is 11.0. The van der Waals surface area contributed by atoms with Crippen LogP contribution < -0.4 is 20.1 Å². The van der Waals surface area contributed by atoms with Crippen LogP contribution in [0.5, 0.6) is 11.5 Å². The highest BCUT2D eigenvalue weighted by Crippen LogP contribution is 2.46. The van der Waals surface area contributed by atoms with Crippen LogP contribution in [0.1, 0.15) is 57.8 Å². The Balaban J connectivity index is 1.28. The van der Waals surface area contributed by atoms with Gasteiger partial charge in [0.25, 0.3) is 5.79 Å². The number of hydrogen-bond acceptors (Lipinski definition) is 6. The maximum Gasteiger partial charge on any atom is 0.251 e. The molecule has 1 aromatic rings. The van der Waals surface area contributed by atoms with Crippen molar-refractivity contribution in [2.24, 2.45) is 0 Å². The van der Waals surface area contributed by atoms with E-state index in [1.165, 1.54) is 6.42 Å². The van der Waals surface area contributed by atoms with E-state index in [0.717, 1.165) is 43.5 Å². The number of fused-ring (bicyclic) bond motifs is 1. The van der Waals surface area contributed by atoms with E-state index in [9.17, 15) is 14.4 Å². The Morgan fingerprint density at radius 3 is 2.63 bits per heavy atom. The van der Waals surface area contributed by atoms with Crippen molar-refractivity contribution in [1.29, 1.82) is 0 Å². The minimum absolute atomic E-state index is 0.209. The fourth-order valence-corrected chi connectivity index (χ4v) is 4.96. The molecule has 1 spiro atoms. The van der Waals surface area contributed by atoms with E-state index in [0.29, 0.717) is 30.0 Å². The first kappa shape index (κ1) is 19.4. The number of nitrogens with zero attached hydrogens (tertiary/aromatic N) is 1. The Hall–Kier alpha value is -2.61. The highest BCUT2D eigenvalue weighted by Gasteiger charge is 2.44. The topological polar surface area (TPSA) is 97.0 Å². The minimum Gasteiger partial charge on any atom is -0.448 e. The number of hydrogen-bond donors (Lipinski definition) is 2. The molecule has 0 unspecified atom stereocenters. The molecule has 8 nitrogen and oxygen atoms in total. The SMILES string of the molecule is O=C(Nc1ccc2c(c1)OC1(CCCCC1)O2)[C@H]1CCC(=O)N1C(=O)[C@@H]1CCCN1. The summed E-state index contributed by atoms with van der Waals surface area (Å²) in [5, 5.41) is 5.97. The van der Waals surface area contributed by atoms with Crippen LogP contribution in [0, 0.1) is 0 Å². The van der Waals surface area contributed by atoms with Gasteiger partial charge in [-0.25, -0.2) is 0 Å². The zero-order chi connectivity index (χ0) is 20.7. The molecule has 30 heavy (non-hydrogen) atoms. The molecule has 1 aromatic carbocycles. The highest BCUT2D eigenvalue weighted by atomic mass is 16.7. The quantitative estimate of drug-likeness (QED) is 0.739. The molecule has 1 saturated carbocycles. The summed E-state index contributed by atoms with van der Waals surface area (Å²) in [6.45, 7) is 0.758. The zero-order valence-corrected chi connectivity index (χ0v) is 16.9. The smallest absolute Gasteiger partial charge is 0.251 e. The van der Waals surface area contributed by atoms with E-state index in [1.807, 2.05) is 0 Å². The number of carbonyl (C=O) groups is 3. The third kappa shape index (κ3) is 3.43. The summed E-state index contributed by atoms with van der Waals surface area (Å²) in [5.41, 5.74) is 0.570. The number of nitrogens with one attached hydrogen (secondary N) is 2. The Bertz CT molecular complexity index is 874. The van der Waals surface area contributed by atoms with Gasteiger partial charge >= 0.3 is 0 Å². The largest absolute Gasteiger partial charge is 0.448 e. The van der Waals surface area contributed by atoms with Gasteiger partial charge in [0.05, 0.1) is 6.04 Å². The first-order valence-corrected chi connectivity index (χ1v) is 11.0. The van der Waals surface area contributed by atoms with Crippen LogP contribution in [0.15, 0.2) is 18.2 Å². The van der Waals surface area contributed by atoms with Crippen LogP contribution >= 0.6 is 0 Å². The Morgan fingerprint density at radius 2 is 1.87 bits per heavy atom. The predicted octanol–water partition coefficient (Wildman–Crippen LogP) is 2.33. The number of carbonyl (C=O) groups excluding carboxylic acids is 3. The fourth-order valence-electron chi connectivity index (χ4n) is 4.96. The summed E-state index contributed by atoms with van der Waals surface area (Å²) in [5.74, 6) is -0.175. The molecule has 1 aliphatic carbocycles. The summed E-state index contributed by atoms with van der Waals surface area (Å²) in [6, 6.07) is 4.18. The molecule has 2 N–H and O–H groups in total. The van der Waals surface area contributed by atoms with E-state index in [2.05, 4.69) is 10.6 Å². The monoisotopic (exact) mass is 413 g/mol. The van der Waals surface area contributed by atoms with Gasteiger partial charge in [-0.15, -0.1) is 0 Å². The molecular weight excluding hydrogens is 386 g/mol. The van der Waals surface area contributed by atoms with E-state index < -0.39 is 11.8 Å². The number of benzene rings is 1. The first-order chi connectivity index (χ1) is 14.5. The summed E-state index contributed by atoms with van der Waals surface area (Å²) in [4.78, 5) is 39.2. The van der Waals surface area contributed by atoms with Crippen molar-refractivity contribution in [2.45, 2.75) is 75.7 Å². The van der Waals surface area contributed by atoms with Gasteiger partial charge in [-0.3, -0.25) is 19.3 Å². The van der Waals surface area contributed by atoms with Gasteiger partial charge in [-0.05, 0) is 50.8 Å². The van der Waals surface area contributed by atoms with Crippen molar-refractivity contribution in [2.75, 3.05) is 11.9 Å². The fraction of sp³-hybridized carbons (Fsp3) is 0.591. The highest BCUT2D eigenvalue weighted by molar-refractivity contribution is 6.07. The van der Waals surface area contributed by atoms with Crippen LogP contribution in [-0.4, -0.2) is 47.0 Å². The van der Waals surface area contributed by atoms with E-state index >= 15 is 0 Å². The van der Waals surface area contributed by atoms with Crippen LogP contribution in [0.2, 0.25) is 0 Å². The minimum atomic E-state index is -0.775. The molecule has 8 heteroatoms. The van der Waals surface area contributed by atoms with Gasteiger partial charge in [-0.1, -0.05) is 6.42 Å². The Labute approximate surface area is 175 Å². The molecule has 4 aliphatic rings. The summed E-state index contributed by atoms with van der Waals surface area (Å²) in [6.07, 6.45) is 7.21. The maximum atomic E-state index is 12.9. The van der Waals surface area contributed by atoms with Crippen molar-refractivity contribution >= 4 is 23.4 Å². The summed E-state index contributed by atoms with van der Waals surface area (Å²) < 4.78 is 12.2. The molecule has 160 valence electrons. The van der Waals surface area contributed by atoms with E-state index in [-0.39, 0.29) is 30.2 Å². The van der Waals surface area contributed by atoms with Crippen LogP contribution in [0.3, 0.4) is 0 Å². The maximum absolute atomic E-state index is 12.9. The number of ether oxygens (including phenoxy) is 2. The number of rotatable bonds is 3. The Morgan fingerprint density at radius 1 is 1.07 bits per heavy atom. The number of amides is 3. The van der Waals surface area contributed by atoms with Gasteiger partial charge in [0.1, 0.15) is 6.04 Å². The summed E-state index contributed by atoms with van der Waals surface area (Å²) in [7, 11) is 0. The lowest BCUT2D eigenvalue weighted by atomic mass is 9.94. The molecule has 5 rings (SSSR count). The van der Waals surface area contributed by atoms with Gasteiger partial charge < -0.3 is 20.1 Å². The summed E-state index contributed by atoms with van der Waals surface area (Å²) >= 11 is 0. The Kier molecular flexibility index (Phi) is 4.89. The lowest BCUT2D eigenvalue weighted by Gasteiger charge is -2.31. The van der Waals surface area contributed by atoms with Gasteiger partial charge in [0.15, 0.2) is 11.5 Å². The van der Waals surface area contributed by atoms with Crippen molar-refractivity contribution in [3.05, 3.63) is 18.2 Å². The number of anilines is 1. The number of imide groups is 1. The molecule has 2 atom stereocenters. The normalized spacial score (nSPS) is 26.9. The van der Waals surface area contributed by atoms with Crippen molar-refractivity contribution in [3.8, 4) is 11.5 Å². The van der Waals surface area contributed by atoms with Crippen molar-refractivity contribution in [1.82, 2.24) is 10.2 Å². The molecule has 3 amide bonds. The van der Waals surface area contributed by atoms with E-state index in [1.54, 1.807) is 18.2 Å². The average Bonchev–Trinajstić information content (AvgIpc) is 3.46. The molecule has 2 saturated heterocycles. The van der Waals surface area contributed by atoms with Gasteiger partial charge in [0, 0.05) is 31.0 Å². The van der Waals surface area contributed by atoms with Crippen molar-refractivity contribution < 1.29 is 23.9 Å². The van der Waals surface area contributed by atoms with Gasteiger partial charge in [0.2, 0.25) is 17.7 Å². The average molecular weight is 413 g/mol. The van der Waals surface area contributed by atoms with Crippen molar-refractivity contribution in [3.63, 3.8) is 0 Å². The second kappa shape index (κ2) is 7.58. The predicted molar refractivity (Wildman–Crippen MR) is 108 cm³/mol. The molecule has 3 fully saturated rings. The third-order valence-electron chi connectivity index (χ3n) is 6.53. The molecule has 0 bridgehead atoms. The lowest BCUT2D eigenvalue weighted by molar-refractivity contribution is -0.147. The lowest BCUT2D eigenvalue weighted by Crippen LogP contribution is -2.51. The van der Waals surface area contributed by atoms with E-state index in [4.69, 9.17) is 9.47 Å². The standard InChI is InChI=1S/C22H27N3O5/c26-19-9-7-16(25(19)21(28)15-5-4-12-23-15)20(27)24-14-6-8-17-18(13-14)30-22(29-17)10-2-1-3-11-22/h6,8,13,15-16,23H,1-5,7,9-12H2,(H,24,27)/t15-,16+/m0/s1. The molecule has 3 aliphatic heterocycles. The third-order valence-corrected chi connectivity index (χ3v) is 6.53. The second-order valence-corrected chi connectivity index (χ2v) is 8.63. The van der Waals surface area contributed by atoms with Crippen LogP contribution in [-0.2, 0) is 14.4 Å².